The number of pyridine rings is 1. The first kappa shape index (κ1) is 14.7. The Morgan fingerprint density at radius 3 is 2.82 bits per heavy atom. The van der Waals surface area contributed by atoms with Crippen LogP contribution < -0.4 is 15.4 Å². The molecule has 1 amide bonds. The Hall–Kier alpha value is -2.27. The van der Waals surface area contributed by atoms with E-state index in [9.17, 15) is 4.79 Å². The summed E-state index contributed by atoms with van der Waals surface area (Å²) in [6.07, 6.45) is 0. The van der Waals surface area contributed by atoms with Gasteiger partial charge in [-0.1, -0.05) is 23.7 Å². The van der Waals surface area contributed by atoms with Gasteiger partial charge in [-0.25, -0.2) is 4.98 Å². The number of amides is 1. The van der Waals surface area contributed by atoms with Gasteiger partial charge in [0.15, 0.2) is 17.2 Å². The van der Waals surface area contributed by atoms with Gasteiger partial charge in [0.05, 0.1) is 6.54 Å². The fourth-order valence-corrected chi connectivity index (χ4v) is 2.64. The van der Waals surface area contributed by atoms with E-state index >= 15 is 0 Å². The van der Waals surface area contributed by atoms with Gasteiger partial charge < -0.3 is 10.5 Å². The third-order valence-electron chi connectivity index (χ3n) is 3.47. The number of ether oxygens (including phenoxy) is 1. The lowest BCUT2D eigenvalue weighted by Gasteiger charge is -2.38. The Kier molecular flexibility index (Phi) is 3.45. The minimum atomic E-state index is -0.955. The maximum atomic E-state index is 12.7. The van der Waals surface area contributed by atoms with Crippen LogP contribution in [0.4, 0.5) is 11.6 Å². The fraction of sp³-hybridized carbons (Fsp3) is 0.250. The summed E-state index contributed by atoms with van der Waals surface area (Å²) in [6.45, 7) is 3.83. The number of hydrogen-bond donors (Lipinski definition) is 1. The molecule has 3 rings (SSSR count). The van der Waals surface area contributed by atoms with Crippen molar-refractivity contribution in [2.45, 2.75) is 26.0 Å². The molecule has 114 valence electrons. The topological polar surface area (TPSA) is 68.5 Å². The van der Waals surface area contributed by atoms with E-state index in [4.69, 9.17) is 22.1 Å². The molecule has 5 nitrogen and oxygen atoms in total. The largest absolute Gasteiger partial charge is 0.474 e. The standard InChI is InChI=1S/C16H16ClN3O2/c1-16(2)15(21)20(9-10-4-3-5-11(17)8-10)14-12(22-16)6-7-13(18)19-14/h3-8H,9H2,1-2H3,(H2,18,19). The summed E-state index contributed by atoms with van der Waals surface area (Å²) in [7, 11) is 0. The van der Waals surface area contributed by atoms with Gasteiger partial charge >= 0.3 is 0 Å². The first-order valence-electron chi connectivity index (χ1n) is 6.89. The highest BCUT2D eigenvalue weighted by atomic mass is 35.5. The number of benzene rings is 1. The highest BCUT2D eigenvalue weighted by molar-refractivity contribution is 6.30. The summed E-state index contributed by atoms with van der Waals surface area (Å²) in [5.74, 6) is 1.15. The van der Waals surface area contributed by atoms with Crippen LogP contribution in [-0.4, -0.2) is 16.5 Å². The highest BCUT2D eigenvalue weighted by Crippen LogP contribution is 2.37. The van der Waals surface area contributed by atoms with Gasteiger partial charge in [0.25, 0.3) is 5.91 Å². The summed E-state index contributed by atoms with van der Waals surface area (Å²) < 4.78 is 5.74. The minimum absolute atomic E-state index is 0.168. The predicted molar refractivity (Wildman–Crippen MR) is 86.0 cm³/mol. The Labute approximate surface area is 133 Å². The van der Waals surface area contributed by atoms with Gasteiger partial charge in [-0.05, 0) is 43.7 Å². The Bertz CT molecular complexity index is 746. The molecule has 2 N–H and O–H groups in total. The van der Waals surface area contributed by atoms with E-state index in [-0.39, 0.29) is 5.91 Å². The number of anilines is 2. The number of hydrogen-bond acceptors (Lipinski definition) is 4. The second-order valence-corrected chi connectivity index (χ2v) is 6.13. The maximum Gasteiger partial charge on any atom is 0.272 e. The van der Waals surface area contributed by atoms with Crippen molar-refractivity contribution in [2.24, 2.45) is 0 Å². The van der Waals surface area contributed by atoms with Crippen molar-refractivity contribution in [3.63, 3.8) is 0 Å². The fourth-order valence-electron chi connectivity index (χ4n) is 2.43. The summed E-state index contributed by atoms with van der Waals surface area (Å²) in [4.78, 5) is 18.5. The van der Waals surface area contributed by atoms with Crippen molar-refractivity contribution in [1.82, 2.24) is 4.98 Å². The van der Waals surface area contributed by atoms with Crippen molar-refractivity contribution in [3.8, 4) is 5.75 Å². The van der Waals surface area contributed by atoms with Crippen LogP contribution in [0.15, 0.2) is 36.4 Å². The first-order chi connectivity index (χ1) is 10.4. The van der Waals surface area contributed by atoms with Crippen LogP contribution in [0.1, 0.15) is 19.4 Å². The lowest BCUT2D eigenvalue weighted by Crippen LogP contribution is -2.52. The summed E-state index contributed by atoms with van der Waals surface area (Å²) >= 11 is 6.02. The normalized spacial score (nSPS) is 16.1. The molecule has 1 aliphatic heterocycles. The minimum Gasteiger partial charge on any atom is -0.474 e. The monoisotopic (exact) mass is 317 g/mol. The highest BCUT2D eigenvalue weighted by Gasteiger charge is 2.41. The number of nitrogens with zero attached hydrogens (tertiary/aromatic N) is 2. The molecule has 2 heterocycles. The van der Waals surface area contributed by atoms with Crippen LogP contribution >= 0.6 is 11.6 Å². The lowest BCUT2D eigenvalue weighted by molar-refractivity contribution is -0.132. The van der Waals surface area contributed by atoms with Crippen molar-refractivity contribution in [2.75, 3.05) is 10.6 Å². The second kappa shape index (κ2) is 5.18. The number of nitrogen functional groups attached to an aromatic ring is 1. The zero-order valence-electron chi connectivity index (χ0n) is 12.3. The molecular weight excluding hydrogens is 302 g/mol. The molecule has 0 atom stereocenters. The molecule has 6 heteroatoms. The molecule has 22 heavy (non-hydrogen) atoms. The lowest BCUT2D eigenvalue weighted by atomic mass is 10.0. The van der Waals surface area contributed by atoms with E-state index in [1.165, 1.54) is 0 Å². The zero-order chi connectivity index (χ0) is 15.9. The first-order valence-corrected chi connectivity index (χ1v) is 7.26. The van der Waals surface area contributed by atoms with E-state index in [0.717, 1.165) is 5.56 Å². The van der Waals surface area contributed by atoms with Gasteiger partial charge in [0.1, 0.15) is 5.82 Å². The summed E-state index contributed by atoms with van der Waals surface area (Å²) in [5.41, 5.74) is 5.70. The predicted octanol–water partition coefficient (Wildman–Crippen LogP) is 3.02. The van der Waals surface area contributed by atoms with E-state index in [1.54, 1.807) is 36.9 Å². The number of fused-ring (bicyclic) bond motifs is 1. The molecule has 0 saturated heterocycles. The van der Waals surface area contributed by atoms with Crippen molar-refractivity contribution < 1.29 is 9.53 Å². The third kappa shape index (κ3) is 2.60. The van der Waals surface area contributed by atoms with E-state index in [0.29, 0.717) is 29.0 Å². The number of carbonyl (C=O) groups excluding carboxylic acids is 1. The van der Waals surface area contributed by atoms with Crippen LogP contribution in [0.5, 0.6) is 5.75 Å². The maximum absolute atomic E-state index is 12.7. The number of carbonyl (C=O) groups is 1. The smallest absolute Gasteiger partial charge is 0.272 e. The molecule has 0 unspecified atom stereocenters. The number of aromatic nitrogens is 1. The number of halogens is 1. The van der Waals surface area contributed by atoms with Crippen LogP contribution in [0.2, 0.25) is 5.02 Å². The molecule has 1 aliphatic rings. The van der Waals surface area contributed by atoms with Crippen molar-refractivity contribution >= 4 is 29.1 Å². The molecule has 0 radical (unpaired) electrons. The Morgan fingerprint density at radius 2 is 2.09 bits per heavy atom. The van der Waals surface area contributed by atoms with Gasteiger partial charge in [-0.3, -0.25) is 9.69 Å². The second-order valence-electron chi connectivity index (χ2n) is 5.69. The summed E-state index contributed by atoms with van der Waals surface area (Å²) in [5, 5.41) is 0.623. The molecule has 0 bridgehead atoms. The van der Waals surface area contributed by atoms with Gasteiger partial charge in [0.2, 0.25) is 0 Å². The molecule has 2 aromatic rings. The average molecular weight is 318 g/mol. The Morgan fingerprint density at radius 1 is 1.32 bits per heavy atom. The van der Waals surface area contributed by atoms with Gasteiger partial charge in [0, 0.05) is 5.02 Å². The van der Waals surface area contributed by atoms with Crippen molar-refractivity contribution in [3.05, 3.63) is 47.0 Å². The molecule has 0 fully saturated rings. The molecule has 1 aromatic heterocycles. The summed E-state index contributed by atoms with van der Waals surface area (Å²) in [6, 6.07) is 10.8. The van der Waals surface area contributed by atoms with Crippen LogP contribution in [0.25, 0.3) is 0 Å². The number of nitrogens with two attached hydrogens (primary N) is 1. The van der Waals surface area contributed by atoms with Gasteiger partial charge in [-0.15, -0.1) is 0 Å². The molecule has 0 saturated carbocycles. The third-order valence-corrected chi connectivity index (χ3v) is 3.71. The van der Waals surface area contributed by atoms with E-state index in [2.05, 4.69) is 4.98 Å². The van der Waals surface area contributed by atoms with Crippen LogP contribution in [-0.2, 0) is 11.3 Å². The zero-order valence-corrected chi connectivity index (χ0v) is 13.1. The quantitative estimate of drug-likeness (QED) is 0.924. The number of rotatable bonds is 2. The average Bonchev–Trinajstić information content (AvgIpc) is 2.45. The van der Waals surface area contributed by atoms with Crippen LogP contribution in [0, 0.1) is 0 Å². The molecule has 0 aliphatic carbocycles. The van der Waals surface area contributed by atoms with Gasteiger partial charge in [-0.2, -0.15) is 0 Å². The Balaban J connectivity index is 2.04. The molecular formula is C16H16ClN3O2. The van der Waals surface area contributed by atoms with Crippen molar-refractivity contribution in [1.29, 1.82) is 0 Å². The van der Waals surface area contributed by atoms with Crippen LogP contribution in [0.3, 0.4) is 0 Å². The van der Waals surface area contributed by atoms with E-state index < -0.39 is 5.60 Å². The van der Waals surface area contributed by atoms with E-state index in [1.807, 2.05) is 18.2 Å². The SMILES string of the molecule is CC1(C)Oc2ccc(N)nc2N(Cc2cccc(Cl)c2)C1=O. The molecule has 0 spiro atoms. The molecule has 1 aromatic carbocycles.